The van der Waals surface area contributed by atoms with Crippen LogP contribution in [-0.4, -0.2) is 24.0 Å². The Kier molecular flexibility index (Phi) is 2.56. The molecule has 2 heterocycles. The molecule has 2 saturated heterocycles. The van der Waals surface area contributed by atoms with Crippen molar-refractivity contribution in [1.29, 1.82) is 0 Å². The molecule has 0 radical (unpaired) electrons. The van der Waals surface area contributed by atoms with Crippen molar-refractivity contribution in [2.45, 2.75) is 24.4 Å². The first-order valence-corrected chi connectivity index (χ1v) is 6.12. The summed E-state index contributed by atoms with van der Waals surface area (Å²) < 4.78 is 0. The summed E-state index contributed by atoms with van der Waals surface area (Å²) in [5, 5.41) is 8.38. The lowest BCUT2D eigenvalue weighted by molar-refractivity contribution is -0.124. The Balaban J connectivity index is 1.72. The third-order valence-corrected chi connectivity index (χ3v) is 3.73. The second kappa shape index (κ2) is 4.10. The SMILES string of the molecule is O=C1NC(=O)C2(CCC(c3ccccc3)NC2)N1. The van der Waals surface area contributed by atoms with E-state index in [0.29, 0.717) is 13.0 Å². The van der Waals surface area contributed by atoms with Gasteiger partial charge in [-0.2, -0.15) is 0 Å². The molecule has 0 saturated carbocycles. The number of urea groups is 1. The van der Waals surface area contributed by atoms with E-state index in [1.165, 1.54) is 5.56 Å². The van der Waals surface area contributed by atoms with Crippen molar-refractivity contribution in [2.75, 3.05) is 6.54 Å². The summed E-state index contributed by atoms with van der Waals surface area (Å²) in [6.07, 6.45) is 1.49. The Hall–Kier alpha value is -1.88. The van der Waals surface area contributed by atoms with Gasteiger partial charge in [-0.15, -0.1) is 0 Å². The van der Waals surface area contributed by atoms with Crippen molar-refractivity contribution in [3.05, 3.63) is 35.9 Å². The van der Waals surface area contributed by atoms with Crippen LogP contribution in [0.1, 0.15) is 24.4 Å². The molecule has 5 nitrogen and oxygen atoms in total. The van der Waals surface area contributed by atoms with Crippen LogP contribution < -0.4 is 16.0 Å². The fraction of sp³-hybridized carbons (Fsp3) is 0.385. The van der Waals surface area contributed by atoms with Crippen molar-refractivity contribution in [2.24, 2.45) is 0 Å². The van der Waals surface area contributed by atoms with Gasteiger partial charge in [0.25, 0.3) is 5.91 Å². The Morgan fingerprint density at radius 1 is 1.17 bits per heavy atom. The maximum atomic E-state index is 11.8. The van der Waals surface area contributed by atoms with Crippen LogP contribution in [0.25, 0.3) is 0 Å². The molecule has 2 aliphatic heterocycles. The maximum absolute atomic E-state index is 11.8. The van der Waals surface area contributed by atoms with Crippen molar-refractivity contribution >= 4 is 11.9 Å². The van der Waals surface area contributed by atoms with E-state index in [1.54, 1.807) is 0 Å². The molecule has 1 spiro atoms. The first-order valence-electron chi connectivity index (χ1n) is 6.12. The van der Waals surface area contributed by atoms with Crippen molar-refractivity contribution in [1.82, 2.24) is 16.0 Å². The van der Waals surface area contributed by atoms with Gasteiger partial charge in [0.2, 0.25) is 0 Å². The summed E-state index contributed by atoms with van der Waals surface area (Å²) >= 11 is 0. The minimum absolute atomic E-state index is 0.216. The fourth-order valence-corrected chi connectivity index (χ4v) is 2.68. The van der Waals surface area contributed by atoms with Crippen LogP contribution >= 0.6 is 0 Å². The minimum Gasteiger partial charge on any atom is -0.322 e. The molecule has 1 aromatic carbocycles. The Morgan fingerprint density at radius 3 is 2.50 bits per heavy atom. The number of nitrogens with one attached hydrogen (secondary N) is 3. The monoisotopic (exact) mass is 245 g/mol. The summed E-state index contributed by atoms with van der Waals surface area (Å²) in [7, 11) is 0. The number of carbonyl (C=O) groups is 2. The fourth-order valence-electron chi connectivity index (χ4n) is 2.68. The molecule has 0 bridgehead atoms. The Bertz CT molecular complexity index is 478. The van der Waals surface area contributed by atoms with E-state index in [2.05, 4.69) is 28.1 Å². The van der Waals surface area contributed by atoms with Gasteiger partial charge in [0.05, 0.1) is 0 Å². The number of imide groups is 1. The zero-order valence-electron chi connectivity index (χ0n) is 9.90. The highest BCUT2D eigenvalue weighted by Gasteiger charge is 2.48. The van der Waals surface area contributed by atoms with E-state index in [0.717, 1.165) is 6.42 Å². The predicted molar refractivity (Wildman–Crippen MR) is 65.8 cm³/mol. The number of benzene rings is 1. The average Bonchev–Trinajstić information content (AvgIpc) is 2.66. The van der Waals surface area contributed by atoms with Crippen molar-refractivity contribution in [3.63, 3.8) is 0 Å². The van der Waals surface area contributed by atoms with Crippen LogP contribution in [0.4, 0.5) is 4.79 Å². The molecule has 1 aromatic rings. The predicted octanol–water partition coefficient (Wildman–Crippen LogP) is 0.689. The first kappa shape index (κ1) is 11.2. The lowest BCUT2D eigenvalue weighted by Crippen LogP contribution is -2.57. The van der Waals surface area contributed by atoms with E-state index < -0.39 is 5.54 Å². The quantitative estimate of drug-likeness (QED) is 0.637. The average molecular weight is 245 g/mol. The van der Waals surface area contributed by atoms with Gasteiger partial charge in [0, 0.05) is 12.6 Å². The maximum Gasteiger partial charge on any atom is 0.322 e. The number of piperidine rings is 1. The zero-order valence-corrected chi connectivity index (χ0v) is 9.90. The van der Waals surface area contributed by atoms with Gasteiger partial charge >= 0.3 is 6.03 Å². The number of rotatable bonds is 1. The Morgan fingerprint density at radius 2 is 1.94 bits per heavy atom. The standard InChI is InChI=1S/C13H15N3O2/c17-11-13(16-12(18)15-11)7-6-10(14-8-13)9-4-2-1-3-5-9/h1-5,10,14H,6-8H2,(H2,15,16,17,18). The highest BCUT2D eigenvalue weighted by Crippen LogP contribution is 2.29. The number of amides is 3. The molecule has 3 N–H and O–H groups in total. The van der Waals surface area contributed by atoms with Gasteiger partial charge in [-0.3, -0.25) is 10.1 Å². The lowest BCUT2D eigenvalue weighted by atomic mass is 9.85. The molecule has 3 amide bonds. The number of hydrogen-bond acceptors (Lipinski definition) is 3. The smallest absolute Gasteiger partial charge is 0.322 e. The number of hydrogen-bond donors (Lipinski definition) is 3. The van der Waals surface area contributed by atoms with Crippen molar-refractivity contribution in [3.8, 4) is 0 Å². The van der Waals surface area contributed by atoms with Gasteiger partial charge in [0.15, 0.2) is 0 Å². The molecular formula is C13H15N3O2. The summed E-state index contributed by atoms with van der Waals surface area (Å²) in [4.78, 5) is 23.0. The summed E-state index contributed by atoms with van der Waals surface area (Å²) in [5.41, 5.74) is 0.472. The topological polar surface area (TPSA) is 70.2 Å². The highest BCUT2D eigenvalue weighted by molar-refractivity contribution is 6.07. The second-order valence-electron chi connectivity index (χ2n) is 4.87. The molecule has 94 valence electrons. The van der Waals surface area contributed by atoms with E-state index in [-0.39, 0.29) is 18.0 Å². The van der Waals surface area contributed by atoms with Crippen LogP contribution in [0.3, 0.4) is 0 Å². The molecule has 18 heavy (non-hydrogen) atoms. The minimum atomic E-state index is -0.748. The molecular weight excluding hydrogens is 230 g/mol. The normalized spacial score (nSPS) is 31.2. The van der Waals surface area contributed by atoms with Crippen LogP contribution in [0.2, 0.25) is 0 Å². The van der Waals surface area contributed by atoms with Crippen LogP contribution in [-0.2, 0) is 4.79 Å². The van der Waals surface area contributed by atoms with E-state index in [1.807, 2.05) is 18.2 Å². The molecule has 2 aliphatic rings. The third-order valence-electron chi connectivity index (χ3n) is 3.73. The van der Waals surface area contributed by atoms with Crippen LogP contribution in [0.15, 0.2) is 30.3 Å². The largest absolute Gasteiger partial charge is 0.322 e. The van der Waals surface area contributed by atoms with Crippen LogP contribution in [0, 0.1) is 0 Å². The zero-order chi connectivity index (χ0) is 12.6. The van der Waals surface area contributed by atoms with Crippen molar-refractivity contribution < 1.29 is 9.59 Å². The summed E-state index contributed by atoms with van der Waals surface area (Å²) in [6, 6.07) is 10.0. The van der Waals surface area contributed by atoms with Gasteiger partial charge in [-0.05, 0) is 18.4 Å². The van der Waals surface area contributed by atoms with E-state index in [9.17, 15) is 9.59 Å². The molecule has 2 atom stereocenters. The van der Waals surface area contributed by atoms with Gasteiger partial charge < -0.3 is 10.6 Å². The van der Waals surface area contributed by atoms with Gasteiger partial charge in [-0.25, -0.2) is 4.79 Å². The summed E-state index contributed by atoms with van der Waals surface area (Å²) in [5.74, 6) is -0.216. The molecule has 2 fully saturated rings. The Labute approximate surface area is 105 Å². The highest BCUT2D eigenvalue weighted by atomic mass is 16.2. The van der Waals surface area contributed by atoms with Crippen LogP contribution in [0.5, 0.6) is 0 Å². The third kappa shape index (κ3) is 1.76. The summed E-state index contributed by atoms with van der Waals surface area (Å²) in [6.45, 7) is 0.476. The second-order valence-corrected chi connectivity index (χ2v) is 4.87. The molecule has 2 unspecified atom stereocenters. The van der Waals surface area contributed by atoms with E-state index in [4.69, 9.17) is 0 Å². The van der Waals surface area contributed by atoms with E-state index >= 15 is 0 Å². The molecule has 5 heteroatoms. The molecule has 0 aromatic heterocycles. The molecule has 3 rings (SSSR count). The first-order chi connectivity index (χ1) is 8.70. The lowest BCUT2D eigenvalue weighted by Gasteiger charge is -2.35. The van der Waals surface area contributed by atoms with Gasteiger partial charge in [0.1, 0.15) is 5.54 Å². The molecule has 0 aliphatic carbocycles. The number of carbonyl (C=O) groups excluding carboxylic acids is 2. The van der Waals surface area contributed by atoms with Gasteiger partial charge in [-0.1, -0.05) is 30.3 Å².